The molecule has 0 saturated carbocycles. The van der Waals surface area contributed by atoms with E-state index in [1.165, 1.54) is 0 Å². The first kappa shape index (κ1) is 10.7. The van der Waals surface area contributed by atoms with Gasteiger partial charge in [-0.05, 0) is 31.2 Å². The predicted octanol–water partition coefficient (Wildman–Crippen LogP) is 4.32. The largest absolute Gasteiger partial charge is 0.242 e. The summed E-state index contributed by atoms with van der Waals surface area (Å²) in [6.07, 6.45) is 0. The average Bonchev–Trinajstić information content (AvgIpc) is 2.75. The van der Waals surface area contributed by atoms with Gasteiger partial charge in [-0.25, -0.2) is 9.97 Å². The second-order valence-corrected chi connectivity index (χ2v) is 5.24. The molecule has 2 heterocycles. The lowest BCUT2D eigenvalue weighted by Gasteiger charge is -2.01. The van der Waals surface area contributed by atoms with Gasteiger partial charge in [-0.3, -0.25) is 0 Å². The fraction of sp³-hybridized carbons (Fsp3) is 0.0769. The molecule has 0 aliphatic carbocycles. The van der Waals surface area contributed by atoms with Crippen molar-refractivity contribution in [3.05, 3.63) is 45.9 Å². The molecule has 0 spiro atoms. The Labute approximate surface area is 108 Å². The van der Waals surface area contributed by atoms with Crippen LogP contribution in [-0.4, -0.2) is 9.97 Å². The maximum absolute atomic E-state index is 5.86. The van der Waals surface area contributed by atoms with Gasteiger partial charge >= 0.3 is 0 Å². The Bertz CT molecular complexity index is 691. The molecule has 0 atom stereocenters. The van der Waals surface area contributed by atoms with Crippen molar-refractivity contribution in [3.8, 4) is 11.3 Å². The van der Waals surface area contributed by atoms with E-state index in [1.807, 2.05) is 25.1 Å². The normalized spacial score (nSPS) is 10.9. The van der Waals surface area contributed by atoms with Gasteiger partial charge < -0.3 is 0 Å². The predicted molar refractivity (Wildman–Crippen MR) is 72.6 cm³/mol. The molecule has 2 aromatic heterocycles. The highest BCUT2D eigenvalue weighted by molar-refractivity contribution is 7.09. The van der Waals surface area contributed by atoms with Crippen molar-refractivity contribution in [2.24, 2.45) is 0 Å². The Hall–Kier alpha value is -1.45. The van der Waals surface area contributed by atoms with E-state index in [2.05, 4.69) is 21.4 Å². The summed E-state index contributed by atoms with van der Waals surface area (Å²) >= 11 is 7.52. The smallest absolute Gasteiger partial charge is 0.129 e. The Balaban J connectivity index is 2.16. The van der Waals surface area contributed by atoms with Crippen LogP contribution in [0.2, 0.25) is 5.15 Å². The number of halogens is 1. The number of aromatic nitrogens is 2. The quantitative estimate of drug-likeness (QED) is 0.609. The number of rotatable bonds is 1. The molecule has 0 aliphatic heterocycles. The summed E-state index contributed by atoms with van der Waals surface area (Å²) < 4.78 is 0. The number of thiazole rings is 1. The maximum Gasteiger partial charge on any atom is 0.129 e. The summed E-state index contributed by atoms with van der Waals surface area (Å²) in [4.78, 5) is 8.74. The molecule has 0 radical (unpaired) electrons. The molecule has 2 nitrogen and oxygen atoms in total. The first-order valence-electron chi connectivity index (χ1n) is 5.21. The van der Waals surface area contributed by atoms with E-state index in [1.54, 1.807) is 17.4 Å². The molecular weight excluding hydrogens is 252 g/mol. The minimum absolute atomic E-state index is 0.523. The average molecular weight is 261 g/mol. The van der Waals surface area contributed by atoms with Crippen molar-refractivity contribution >= 4 is 33.8 Å². The Kier molecular flexibility index (Phi) is 2.57. The topological polar surface area (TPSA) is 25.8 Å². The maximum atomic E-state index is 5.86. The van der Waals surface area contributed by atoms with E-state index in [0.717, 1.165) is 27.2 Å². The molecule has 0 amide bonds. The van der Waals surface area contributed by atoms with Crippen molar-refractivity contribution in [1.29, 1.82) is 0 Å². The molecule has 1 aromatic carbocycles. The van der Waals surface area contributed by atoms with Crippen molar-refractivity contribution < 1.29 is 0 Å². The van der Waals surface area contributed by atoms with Crippen LogP contribution in [0.4, 0.5) is 0 Å². The van der Waals surface area contributed by atoms with Gasteiger partial charge in [0.05, 0.1) is 16.2 Å². The minimum atomic E-state index is 0.523. The van der Waals surface area contributed by atoms with Crippen LogP contribution in [0.1, 0.15) is 5.01 Å². The van der Waals surface area contributed by atoms with Gasteiger partial charge in [0.1, 0.15) is 5.15 Å². The van der Waals surface area contributed by atoms with E-state index < -0.39 is 0 Å². The minimum Gasteiger partial charge on any atom is -0.242 e. The monoisotopic (exact) mass is 260 g/mol. The Morgan fingerprint density at radius 2 is 2.00 bits per heavy atom. The van der Waals surface area contributed by atoms with Crippen molar-refractivity contribution in [2.75, 3.05) is 0 Å². The molecule has 17 heavy (non-hydrogen) atoms. The van der Waals surface area contributed by atoms with E-state index >= 15 is 0 Å². The highest BCUT2D eigenvalue weighted by atomic mass is 35.5. The number of benzene rings is 1. The second-order valence-electron chi connectivity index (χ2n) is 3.79. The lowest BCUT2D eigenvalue weighted by atomic mass is 10.1. The number of hydrogen-bond acceptors (Lipinski definition) is 3. The van der Waals surface area contributed by atoms with Crippen LogP contribution in [0.15, 0.2) is 35.7 Å². The van der Waals surface area contributed by atoms with E-state index in [9.17, 15) is 0 Å². The molecule has 3 rings (SSSR count). The third-order valence-corrected chi connectivity index (χ3v) is 3.55. The number of pyridine rings is 1. The van der Waals surface area contributed by atoms with Gasteiger partial charge in [0.25, 0.3) is 0 Å². The van der Waals surface area contributed by atoms with Crippen LogP contribution >= 0.6 is 22.9 Å². The number of aryl methyl sites for hydroxylation is 1. The number of nitrogens with zero attached hydrogens (tertiary/aromatic N) is 2. The number of hydrogen-bond donors (Lipinski definition) is 0. The fourth-order valence-electron chi connectivity index (χ4n) is 1.76. The summed E-state index contributed by atoms with van der Waals surface area (Å²) in [6.45, 7) is 2.01. The van der Waals surface area contributed by atoms with Gasteiger partial charge in [0, 0.05) is 16.3 Å². The van der Waals surface area contributed by atoms with Crippen LogP contribution in [0, 0.1) is 6.92 Å². The van der Waals surface area contributed by atoms with Gasteiger partial charge in [-0.1, -0.05) is 17.7 Å². The molecule has 4 heteroatoms. The summed E-state index contributed by atoms with van der Waals surface area (Å²) in [5.41, 5.74) is 3.04. The first-order valence-corrected chi connectivity index (χ1v) is 6.47. The lowest BCUT2D eigenvalue weighted by Crippen LogP contribution is -1.82. The third-order valence-electron chi connectivity index (χ3n) is 2.57. The molecular formula is C13H9ClN2S. The van der Waals surface area contributed by atoms with Crippen LogP contribution in [-0.2, 0) is 0 Å². The van der Waals surface area contributed by atoms with Crippen LogP contribution in [0.3, 0.4) is 0 Å². The van der Waals surface area contributed by atoms with E-state index in [-0.39, 0.29) is 0 Å². The summed E-state index contributed by atoms with van der Waals surface area (Å²) in [5.74, 6) is 0. The van der Waals surface area contributed by atoms with Crippen molar-refractivity contribution in [2.45, 2.75) is 6.92 Å². The van der Waals surface area contributed by atoms with Gasteiger partial charge in [0.15, 0.2) is 0 Å². The Morgan fingerprint density at radius 1 is 1.12 bits per heavy atom. The highest BCUT2D eigenvalue weighted by Crippen LogP contribution is 2.25. The molecule has 0 unspecified atom stereocenters. The molecule has 0 fully saturated rings. The SMILES string of the molecule is Cc1nc(-c2ccc3nc(Cl)ccc3c2)cs1. The van der Waals surface area contributed by atoms with Crippen LogP contribution < -0.4 is 0 Å². The molecule has 0 bridgehead atoms. The zero-order valence-electron chi connectivity index (χ0n) is 9.14. The Morgan fingerprint density at radius 3 is 2.76 bits per heavy atom. The molecule has 3 aromatic rings. The van der Waals surface area contributed by atoms with Gasteiger partial charge in [-0.2, -0.15) is 0 Å². The van der Waals surface area contributed by atoms with Crippen molar-refractivity contribution in [3.63, 3.8) is 0 Å². The van der Waals surface area contributed by atoms with Crippen molar-refractivity contribution in [1.82, 2.24) is 9.97 Å². The van der Waals surface area contributed by atoms with E-state index in [4.69, 9.17) is 11.6 Å². The molecule has 0 saturated heterocycles. The molecule has 0 aliphatic rings. The number of fused-ring (bicyclic) bond motifs is 1. The second kappa shape index (κ2) is 4.09. The van der Waals surface area contributed by atoms with Crippen LogP contribution in [0.5, 0.6) is 0 Å². The summed E-state index contributed by atoms with van der Waals surface area (Å²) in [6, 6.07) is 9.88. The first-order chi connectivity index (χ1) is 8.22. The van der Waals surface area contributed by atoms with Crippen LogP contribution in [0.25, 0.3) is 22.2 Å². The third kappa shape index (κ3) is 2.04. The fourth-order valence-corrected chi connectivity index (χ4v) is 2.53. The highest BCUT2D eigenvalue weighted by Gasteiger charge is 2.04. The molecule has 84 valence electrons. The zero-order chi connectivity index (χ0) is 11.8. The van der Waals surface area contributed by atoms with E-state index in [0.29, 0.717) is 5.15 Å². The zero-order valence-corrected chi connectivity index (χ0v) is 10.7. The standard InChI is InChI=1S/C13H9ClN2S/c1-8-15-12(7-17-8)10-2-4-11-9(6-10)3-5-13(14)16-11/h2-7H,1H3. The lowest BCUT2D eigenvalue weighted by molar-refractivity contribution is 1.30. The summed E-state index contributed by atoms with van der Waals surface area (Å²) in [7, 11) is 0. The van der Waals surface area contributed by atoms with Gasteiger partial charge in [0.2, 0.25) is 0 Å². The molecule has 0 N–H and O–H groups in total. The summed E-state index contributed by atoms with van der Waals surface area (Å²) in [5, 5.41) is 4.75. The van der Waals surface area contributed by atoms with Gasteiger partial charge in [-0.15, -0.1) is 11.3 Å².